The van der Waals surface area contributed by atoms with Crippen LogP contribution in [-0.2, 0) is 27.4 Å². The number of rotatable bonds is 6. The van der Waals surface area contributed by atoms with Gasteiger partial charge in [-0.05, 0) is 30.2 Å². The Labute approximate surface area is 138 Å². The van der Waals surface area contributed by atoms with E-state index in [-0.39, 0.29) is 48.8 Å². The van der Waals surface area contributed by atoms with Gasteiger partial charge in [-0.2, -0.15) is 13.2 Å². The topological polar surface area (TPSA) is 89.3 Å². The lowest BCUT2D eigenvalue weighted by Crippen LogP contribution is -2.15. The number of alkyl halides is 3. The molecule has 1 rings (SSSR count). The highest BCUT2D eigenvalue weighted by molar-refractivity contribution is 7.90. The molecule has 1 aromatic rings. The summed E-state index contributed by atoms with van der Waals surface area (Å²) in [6.45, 7) is -0.0964. The minimum Gasteiger partial charge on any atom is -0.326 e. The van der Waals surface area contributed by atoms with Crippen LogP contribution in [0.4, 0.5) is 18.9 Å². The molecule has 0 unspecified atom stereocenters. The molecule has 5 nitrogen and oxygen atoms in total. The normalized spacial score (nSPS) is 11.7. The number of nitrogens with two attached hydrogens (primary N) is 1. The van der Waals surface area contributed by atoms with Gasteiger partial charge in [-0.25, -0.2) is 8.42 Å². The largest absolute Gasteiger partial charge is 0.416 e. The van der Waals surface area contributed by atoms with Crippen molar-refractivity contribution in [2.24, 2.45) is 5.73 Å². The molecule has 0 heterocycles. The Bertz CT molecular complexity index is 648. The molecule has 1 amide bonds. The summed E-state index contributed by atoms with van der Waals surface area (Å²) < 4.78 is 60.1. The first-order valence-electron chi connectivity index (χ1n) is 6.40. The number of amides is 1. The third kappa shape index (κ3) is 8.19. The Morgan fingerprint density at radius 3 is 2.35 bits per heavy atom. The molecule has 132 valence electrons. The van der Waals surface area contributed by atoms with Crippen LogP contribution in [0.5, 0.6) is 0 Å². The van der Waals surface area contributed by atoms with Gasteiger partial charge in [0.05, 0.1) is 11.3 Å². The zero-order valence-corrected chi connectivity index (χ0v) is 13.9. The van der Waals surface area contributed by atoms with Crippen LogP contribution in [0, 0.1) is 0 Å². The van der Waals surface area contributed by atoms with Gasteiger partial charge in [-0.1, -0.05) is 0 Å². The van der Waals surface area contributed by atoms with Crippen LogP contribution < -0.4 is 11.1 Å². The molecule has 0 spiro atoms. The SMILES string of the molecule is CS(=O)(=O)CCCC(=O)Nc1cc(CN)cc(C(F)(F)F)c1.Cl. The zero-order chi connectivity index (χ0) is 17.0. The fourth-order valence-corrected chi connectivity index (χ4v) is 2.43. The summed E-state index contributed by atoms with van der Waals surface area (Å²) in [6.07, 6.45) is -3.49. The Morgan fingerprint density at radius 2 is 1.87 bits per heavy atom. The van der Waals surface area contributed by atoms with E-state index in [4.69, 9.17) is 5.73 Å². The smallest absolute Gasteiger partial charge is 0.326 e. The van der Waals surface area contributed by atoms with Crippen LogP contribution in [0.2, 0.25) is 0 Å². The van der Waals surface area contributed by atoms with E-state index in [1.54, 1.807) is 0 Å². The standard InChI is InChI=1S/C13H17F3N2O3S.ClH/c1-22(20,21)4-2-3-12(19)18-11-6-9(8-17)5-10(7-11)13(14,15)16;/h5-7H,2-4,8,17H2,1H3,(H,18,19);1H. The second kappa shape index (κ2) is 8.51. The van der Waals surface area contributed by atoms with Gasteiger partial charge in [0.15, 0.2) is 0 Å². The molecular weight excluding hydrogens is 357 g/mol. The van der Waals surface area contributed by atoms with E-state index in [1.165, 1.54) is 6.07 Å². The molecular formula is C13H18ClF3N2O3S. The summed E-state index contributed by atoms with van der Waals surface area (Å²) in [7, 11) is -3.17. The van der Waals surface area contributed by atoms with Gasteiger partial charge in [0.25, 0.3) is 0 Å². The third-order valence-corrected chi connectivity index (χ3v) is 3.79. The second-order valence-electron chi connectivity index (χ2n) is 4.90. The van der Waals surface area contributed by atoms with Gasteiger partial charge in [-0.3, -0.25) is 4.79 Å². The molecule has 0 saturated carbocycles. The maximum absolute atomic E-state index is 12.7. The van der Waals surface area contributed by atoms with Gasteiger partial charge >= 0.3 is 6.18 Å². The molecule has 0 aliphatic heterocycles. The first kappa shape index (κ1) is 21.7. The molecule has 0 fully saturated rings. The number of anilines is 1. The van der Waals surface area contributed by atoms with Crippen LogP contribution in [-0.4, -0.2) is 26.3 Å². The van der Waals surface area contributed by atoms with Gasteiger partial charge < -0.3 is 11.1 Å². The Morgan fingerprint density at radius 1 is 1.26 bits per heavy atom. The van der Waals surface area contributed by atoms with Crippen molar-refractivity contribution in [3.05, 3.63) is 29.3 Å². The number of hydrogen-bond donors (Lipinski definition) is 2. The summed E-state index contributed by atoms with van der Waals surface area (Å²) in [4.78, 5) is 11.6. The van der Waals surface area contributed by atoms with Crippen LogP contribution in [0.15, 0.2) is 18.2 Å². The summed E-state index contributed by atoms with van der Waals surface area (Å²) >= 11 is 0. The highest BCUT2D eigenvalue weighted by Crippen LogP contribution is 2.32. The van der Waals surface area contributed by atoms with Gasteiger partial charge in [0.2, 0.25) is 5.91 Å². The number of benzene rings is 1. The lowest BCUT2D eigenvalue weighted by atomic mass is 10.1. The van der Waals surface area contributed by atoms with E-state index in [0.29, 0.717) is 0 Å². The van der Waals surface area contributed by atoms with E-state index in [0.717, 1.165) is 18.4 Å². The quantitative estimate of drug-likeness (QED) is 0.799. The highest BCUT2D eigenvalue weighted by Gasteiger charge is 2.31. The van der Waals surface area contributed by atoms with Crippen molar-refractivity contribution in [3.8, 4) is 0 Å². The number of halogens is 4. The Kier molecular flexibility index (Phi) is 8.02. The predicted molar refractivity (Wildman–Crippen MR) is 84.2 cm³/mol. The molecule has 0 aliphatic rings. The molecule has 0 bridgehead atoms. The summed E-state index contributed by atoms with van der Waals surface area (Å²) in [5.74, 6) is -0.706. The minimum absolute atomic E-state index is 0. The van der Waals surface area contributed by atoms with E-state index in [9.17, 15) is 26.4 Å². The molecule has 0 aromatic heterocycles. The van der Waals surface area contributed by atoms with Crippen LogP contribution in [0.1, 0.15) is 24.0 Å². The number of hydrogen-bond acceptors (Lipinski definition) is 4. The molecule has 0 saturated heterocycles. The van der Waals surface area contributed by atoms with E-state index < -0.39 is 27.5 Å². The Hall–Kier alpha value is -1.32. The van der Waals surface area contributed by atoms with Crippen molar-refractivity contribution in [3.63, 3.8) is 0 Å². The first-order chi connectivity index (χ1) is 10.0. The fraction of sp³-hybridized carbons (Fsp3) is 0.462. The van der Waals surface area contributed by atoms with Crippen LogP contribution in [0.25, 0.3) is 0 Å². The van der Waals surface area contributed by atoms with Crippen molar-refractivity contribution in [1.82, 2.24) is 0 Å². The summed E-state index contributed by atoms with van der Waals surface area (Å²) in [5, 5.41) is 2.33. The van der Waals surface area contributed by atoms with Crippen molar-refractivity contribution in [2.45, 2.75) is 25.6 Å². The monoisotopic (exact) mass is 374 g/mol. The van der Waals surface area contributed by atoms with Gasteiger partial charge in [-0.15, -0.1) is 12.4 Å². The lowest BCUT2D eigenvalue weighted by Gasteiger charge is -2.12. The molecule has 10 heteroatoms. The third-order valence-electron chi connectivity index (χ3n) is 2.76. The van der Waals surface area contributed by atoms with E-state index in [1.807, 2.05) is 0 Å². The minimum atomic E-state index is -4.54. The molecule has 23 heavy (non-hydrogen) atoms. The first-order valence-corrected chi connectivity index (χ1v) is 8.46. The lowest BCUT2D eigenvalue weighted by molar-refractivity contribution is -0.137. The van der Waals surface area contributed by atoms with Crippen molar-refractivity contribution in [1.29, 1.82) is 0 Å². The van der Waals surface area contributed by atoms with E-state index in [2.05, 4.69) is 5.32 Å². The number of nitrogens with one attached hydrogen (secondary N) is 1. The number of sulfone groups is 1. The molecule has 0 radical (unpaired) electrons. The Balaban J connectivity index is 0.00000484. The van der Waals surface area contributed by atoms with Crippen LogP contribution in [0.3, 0.4) is 0 Å². The predicted octanol–water partition coefficient (Wildman–Crippen LogP) is 2.35. The maximum atomic E-state index is 12.7. The zero-order valence-electron chi connectivity index (χ0n) is 12.3. The summed E-state index contributed by atoms with van der Waals surface area (Å²) in [5.41, 5.74) is 4.67. The maximum Gasteiger partial charge on any atom is 0.416 e. The fourth-order valence-electron chi connectivity index (χ4n) is 1.76. The van der Waals surface area contributed by atoms with Crippen molar-refractivity contribution >= 4 is 33.8 Å². The van der Waals surface area contributed by atoms with Crippen molar-refractivity contribution < 1.29 is 26.4 Å². The second-order valence-corrected chi connectivity index (χ2v) is 7.16. The van der Waals surface area contributed by atoms with E-state index >= 15 is 0 Å². The molecule has 0 aliphatic carbocycles. The molecule has 1 aromatic carbocycles. The number of carbonyl (C=O) groups excluding carboxylic acids is 1. The highest BCUT2D eigenvalue weighted by atomic mass is 35.5. The number of carbonyl (C=O) groups is 1. The molecule has 3 N–H and O–H groups in total. The average Bonchev–Trinajstić information content (AvgIpc) is 2.35. The van der Waals surface area contributed by atoms with Crippen molar-refractivity contribution in [2.75, 3.05) is 17.3 Å². The molecule has 0 atom stereocenters. The van der Waals surface area contributed by atoms with Gasteiger partial charge in [0, 0.05) is 24.9 Å². The summed E-state index contributed by atoms with van der Waals surface area (Å²) in [6, 6.07) is 3.08. The average molecular weight is 375 g/mol. The van der Waals surface area contributed by atoms with Crippen LogP contribution >= 0.6 is 12.4 Å². The van der Waals surface area contributed by atoms with Gasteiger partial charge in [0.1, 0.15) is 9.84 Å².